The highest BCUT2D eigenvalue weighted by molar-refractivity contribution is 5.82. The molecule has 0 aliphatic heterocycles. The van der Waals surface area contributed by atoms with Gasteiger partial charge in [0.25, 0.3) is 0 Å². The summed E-state index contributed by atoms with van der Waals surface area (Å²) in [6.07, 6.45) is 6.27. The summed E-state index contributed by atoms with van der Waals surface area (Å²) in [4.78, 5) is 24.3. The zero-order chi connectivity index (χ0) is 15.5. The molecule has 0 spiro atoms. The van der Waals surface area contributed by atoms with Gasteiger partial charge in [-0.1, -0.05) is 20.4 Å². The first-order valence-electron chi connectivity index (χ1n) is 7.62. The van der Waals surface area contributed by atoms with Crippen LogP contribution in [0.3, 0.4) is 0 Å². The SMILES string of the molecule is C=CC(=O)OC12CC3(C)CC(C)(C1)CC(C(=O)OC)(C3)C2. The van der Waals surface area contributed by atoms with Gasteiger partial charge in [-0.2, -0.15) is 0 Å². The Bertz CT molecular complexity index is 503. The minimum absolute atomic E-state index is 0.0408. The molecule has 4 saturated carbocycles. The molecule has 0 aromatic carbocycles. The highest BCUT2D eigenvalue weighted by Gasteiger charge is 2.69. The molecule has 0 aromatic rings. The van der Waals surface area contributed by atoms with E-state index in [2.05, 4.69) is 20.4 Å². The summed E-state index contributed by atoms with van der Waals surface area (Å²) in [5, 5.41) is 0. The van der Waals surface area contributed by atoms with Crippen LogP contribution in [0.2, 0.25) is 0 Å². The van der Waals surface area contributed by atoms with Crippen molar-refractivity contribution >= 4 is 11.9 Å². The van der Waals surface area contributed by atoms with Crippen molar-refractivity contribution in [3.63, 3.8) is 0 Å². The second-order valence-electron chi connectivity index (χ2n) is 8.26. The first-order valence-corrected chi connectivity index (χ1v) is 7.62. The Hall–Kier alpha value is -1.32. The van der Waals surface area contributed by atoms with E-state index >= 15 is 0 Å². The van der Waals surface area contributed by atoms with E-state index in [-0.39, 0.29) is 22.8 Å². The van der Waals surface area contributed by atoms with Gasteiger partial charge in [-0.05, 0) is 42.9 Å². The molecule has 4 bridgehead atoms. The molecule has 21 heavy (non-hydrogen) atoms. The molecule has 4 aliphatic carbocycles. The van der Waals surface area contributed by atoms with Gasteiger partial charge in [0.2, 0.25) is 0 Å². The monoisotopic (exact) mass is 292 g/mol. The molecule has 116 valence electrons. The van der Waals surface area contributed by atoms with Crippen LogP contribution in [-0.4, -0.2) is 24.6 Å². The Balaban J connectivity index is 2.03. The smallest absolute Gasteiger partial charge is 0.330 e. The average molecular weight is 292 g/mol. The summed E-state index contributed by atoms with van der Waals surface area (Å²) in [6.45, 7) is 7.93. The minimum atomic E-state index is -0.530. The maximum Gasteiger partial charge on any atom is 0.330 e. The van der Waals surface area contributed by atoms with Gasteiger partial charge in [0.15, 0.2) is 0 Å². The Kier molecular flexibility index (Phi) is 2.86. The molecule has 2 atom stereocenters. The fourth-order valence-corrected chi connectivity index (χ4v) is 6.38. The molecule has 4 nitrogen and oxygen atoms in total. The van der Waals surface area contributed by atoms with Crippen molar-refractivity contribution in [2.75, 3.05) is 7.11 Å². The van der Waals surface area contributed by atoms with Crippen molar-refractivity contribution in [2.45, 2.75) is 58.0 Å². The van der Waals surface area contributed by atoms with E-state index in [1.54, 1.807) is 0 Å². The van der Waals surface area contributed by atoms with Gasteiger partial charge in [-0.25, -0.2) is 4.79 Å². The van der Waals surface area contributed by atoms with Crippen LogP contribution >= 0.6 is 0 Å². The summed E-state index contributed by atoms with van der Waals surface area (Å²) in [7, 11) is 1.45. The lowest BCUT2D eigenvalue weighted by Gasteiger charge is -2.67. The van der Waals surface area contributed by atoms with Gasteiger partial charge in [0, 0.05) is 12.5 Å². The number of hydrogen-bond donors (Lipinski definition) is 0. The zero-order valence-corrected chi connectivity index (χ0v) is 13.2. The van der Waals surface area contributed by atoms with E-state index < -0.39 is 11.0 Å². The Morgan fingerprint density at radius 3 is 2.05 bits per heavy atom. The van der Waals surface area contributed by atoms with Gasteiger partial charge in [-0.3, -0.25) is 4.79 Å². The van der Waals surface area contributed by atoms with E-state index in [1.165, 1.54) is 13.2 Å². The first-order chi connectivity index (χ1) is 9.68. The molecule has 0 radical (unpaired) electrons. The van der Waals surface area contributed by atoms with Crippen LogP contribution in [0, 0.1) is 16.2 Å². The van der Waals surface area contributed by atoms with Crippen molar-refractivity contribution in [1.29, 1.82) is 0 Å². The normalized spacial score (nSPS) is 47.0. The third-order valence-electron chi connectivity index (χ3n) is 5.64. The Labute approximate surface area is 125 Å². The maximum absolute atomic E-state index is 12.5. The third kappa shape index (κ3) is 2.11. The highest BCUT2D eigenvalue weighted by Crippen LogP contribution is 2.71. The second-order valence-corrected chi connectivity index (χ2v) is 8.26. The van der Waals surface area contributed by atoms with E-state index in [9.17, 15) is 9.59 Å². The number of carbonyl (C=O) groups is 2. The molecule has 4 rings (SSSR count). The molecule has 0 amide bonds. The number of hydrogen-bond acceptors (Lipinski definition) is 4. The lowest BCUT2D eigenvalue weighted by molar-refractivity contribution is -0.242. The predicted molar refractivity (Wildman–Crippen MR) is 77.4 cm³/mol. The molecule has 4 heteroatoms. The lowest BCUT2D eigenvalue weighted by Crippen LogP contribution is -2.65. The molecule has 4 fully saturated rings. The average Bonchev–Trinajstić information content (AvgIpc) is 2.32. The van der Waals surface area contributed by atoms with Crippen LogP contribution in [0.1, 0.15) is 52.4 Å². The van der Waals surface area contributed by atoms with Crippen molar-refractivity contribution in [1.82, 2.24) is 0 Å². The zero-order valence-electron chi connectivity index (χ0n) is 13.2. The van der Waals surface area contributed by atoms with Crippen LogP contribution < -0.4 is 0 Å². The lowest BCUT2D eigenvalue weighted by atomic mass is 9.39. The van der Waals surface area contributed by atoms with Crippen molar-refractivity contribution in [2.24, 2.45) is 16.2 Å². The number of carbonyl (C=O) groups excluding carboxylic acids is 2. The number of methoxy groups -OCH3 is 1. The standard InChI is InChI=1S/C17H24O4/c1-5-12(18)21-17-9-14(2)6-15(3,10-17)8-16(7-14,11-17)13(19)20-4/h5H,1,6-11H2,2-4H3. The van der Waals surface area contributed by atoms with Crippen LogP contribution in [0.15, 0.2) is 12.7 Å². The van der Waals surface area contributed by atoms with Crippen LogP contribution in [0.25, 0.3) is 0 Å². The Morgan fingerprint density at radius 1 is 1.00 bits per heavy atom. The highest BCUT2D eigenvalue weighted by atomic mass is 16.6. The van der Waals surface area contributed by atoms with Gasteiger partial charge in [0.1, 0.15) is 5.60 Å². The molecule has 2 unspecified atom stereocenters. The predicted octanol–water partition coefficient (Wildman–Crippen LogP) is 3.01. The topological polar surface area (TPSA) is 52.6 Å². The van der Waals surface area contributed by atoms with E-state index in [0.29, 0.717) is 6.42 Å². The molecular weight excluding hydrogens is 268 g/mol. The van der Waals surface area contributed by atoms with Crippen molar-refractivity contribution in [3.05, 3.63) is 12.7 Å². The minimum Gasteiger partial charge on any atom is -0.469 e. The summed E-state index contributed by atoms with van der Waals surface area (Å²) >= 11 is 0. The van der Waals surface area contributed by atoms with Crippen LogP contribution in [0.5, 0.6) is 0 Å². The summed E-state index contributed by atoms with van der Waals surface area (Å²) < 4.78 is 10.9. The van der Waals surface area contributed by atoms with Crippen LogP contribution in [0.4, 0.5) is 0 Å². The van der Waals surface area contributed by atoms with Crippen molar-refractivity contribution < 1.29 is 19.1 Å². The van der Waals surface area contributed by atoms with Gasteiger partial charge in [0.05, 0.1) is 12.5 Å². The largest absolute Gasteiger partial charge is 0.469 e. The molecule has 4 aliphatic rings. The summed E-state index contributed by atoms with van der Waals surface area (Å²) in [5.74, 6) is -0.526. The molecule has 0 heterocycles. The molecular formula is C17H24O4. The maximum atomic E-state index is 12.5. The third-order valence-corrected chi connectivity index (χ3v) is 5.64. The quantitative estimate of drug-likeness (QED) is 0.592. The number of esters is 2. The second kappa shape index (κ2) is 4.11. The molecule has 0 aromatic heterocycles. The van der Waals surface area contributed by atoms with E-state index in [1.807, 2.05) is 0 Å². The van der Waals surface area contributed by atoms with E-state index in [4.69, 9.17) is 9.47 Å². The van der Waals surface area contributed by atoms with Gasteiger partial charge in [-0.15, -0.1) is 0 Å². The number of rotatable bonds is 3. The number of ether oxygens (including phenoxy) is 2. The van der Waals surface area contributed by atoms with Gasteiger partial charge < -0.3 is 9.47 Å². The molecule has 0 saturated heterocycles. The molecule has 0 N–H and O–H groups in total. The fourth-order valence-electron chi connectivity index (χ4n) is 6.38. The van der Waals surface area contributed by atoms with Crippen molar-refractivity contribution in [3.8, 4) is 0 Å². The summed E-state index contributed by atoms with van der Waals surface area (Å²) in [6, 6.07) is 0. The van der Waals surface area contributed by atoms with E-state index in [0.717, 1.165) is 32.1 Å². The Morgan fingerprint density at radius 2 is 1.57 bits per heavy atom. The first kappa shape index (κ1) is 14.6. The fraction of sp³-hybridized carbons (Fsp3) is 0.765. The summed E-state index contributed by atoms with van der Waals surface area (Å²) in [5.41, 5.74) is -0.940. The van der Waals surface area contributed by atoms with Crippen LogP contribution in [-0.2, 0) is 19.1 Å². The van der Waals surface area contributed by atoms with Gasteiger partial charge >= 0.3 is 11.9 Å².